The molecule has 0 spiro atoms. The average Bonchev–Trinajstić information content (AvgIpc) is 2.46. The summed E-state index contributed by atoms with van der Waals surface area (Å²) >= 11 is 0. The summed E-state index contributed by atoms with van der Waals surface area (Å²) in [5, 5.41) is 20.6. The highest BCUT2D eigenvalue weighted by Gasteiger charge is 2.23. The molecule has 6 nitrogen and oxygen atoms in total. The number of benzene rings is 2. The van der Waals surface area contributed by atoms with E-state index in [1.807, 2.05) is 6.07 Å². The Hall–Kier alpha value is -2.89. The maximum Gasteiger partial charge on any atom is 0.311 e. The molecule has 0 aliphatic rings. The van der Waals surface area contributed by atoms with Crippen LogP contribution in [0.25, 0.3) is 0 Å². The van der Waals surface area contributed by atoms with Crippen LogP contribution in [0.15, 0.2) is 48.5 Å². The second-order valence-electron chi connectivity index (χ2n) is 4.13. The van der Waals surface area contributed by atoms with Crippen molar-refractivity contribution in [2.24, 2.45) is 0 Å². The molecule has 0 aliphatic heterocycles. The Balaban J connectivity index is 2.40. The Morgan fingerprint density at radius 1 is 1.15 bits per heavy atom. The number of nitrogens with zero attached hydrogens (tertiary/aromatic N) is 2. The van der Waals surface area contributed by atoms with Gasteiger partial charge >= 0.3 is 5.69 Å². The standard InChI is InChI=1S/C14H12N2O4/c1-15(10-6-3-2-4-7-10)14(18)11-8-5-9-12(13(11)17)16(19)20/h2-9,17H,1H3. The van der Waals surface area contributed by atoms with Gasteiger partial charge in [-0.1, -0.05) is 24.3 Å². The molecule has 0 bridgehead atoms. The van der Waals surface area contributed by atoms with Crippen molar-refractivity contribution in [3.8, 4) is 5.75 Å². The van der Waals surface area contributed by atoms with Crippen LogP contribution in [-0.2, 0) is 0 Å². The Bertz CT molecular complexity index is 655. The lowest BCUT2D eigenvalue weighted by Crippen LogP contribution is -2.26. The minimum Gasteiger partial charge on any atom is -0.502 e. The molecule has 0 atom stereocenters. The minimum atomic E-state index is -0.728. The van der Waals surface area contributed by atoms with E-state index >= 15 is 0 Å². The van der Waals surface area contributed by atoms with Crippen molar-refractivity contribution in [3.63, 3.8) is 0 Å². The van der Waals surface area contributed by atoms with Crippen molar-refractivity contribution in [1.29, 1.82) is 0 Å². The predicted molar refractivity (Wildman–Crippen MR) is 73.9 cm³/mol. The van der Waals surface area contributed by atoms with E-state index in [2.05, 4.69) is 0 Å². The molecule has 6 heteroatoms. The van der Waals surface area contributed by atoms with E-state index in [1.165, 1.54) is 24.1 Å². The number of para-hydroxylation sites is 2. The molecule has 0 saturated heterocycles. The SMILES string of the molecule is CN(C(=O)c1cccc([N+](=O)[O-])c1O)c1ccccc1. The lowest BCUT2D eigenvalue weighted by atomic mass is 10.1. The molecule has 0 saturated carbocycles. The lowest BCUT2D eigenvalue weighted by molar-refractivity contribution is -0.385. The highest BCUT2D eigenvalue weighted by atomic mass is 16.6. The van der Waals surface area contributed by atoms with Gasteiger partial charge in [-0.25, -0.2) is 0 Å². The van der Waals surface area contributed by atoms with Crippen molar-refractivity contribution >= 4 is 17.3 Å². The molecule has 2 aromatic rings. The van der Waals surface area contributed by atoms with E-state index in [4.69, 9.17) is 0 Å². The van der Waals surface area contributed by atoms with E-state index in [1.54, 1.807) is 24.3 Å². The van der Waals surface area contributed by atoms with E-state index in [0.717, 1.165) is 6.07 Å². The zero-order valence-corrected chi connectivity index (χ0v) is 10.7. The molecular weight excluding hydrogens is 260 g/mol. The third-order valence-electron chi connectivity index (χ3n) is 2.89. The molecule has 102 valence electrons. The van der Waals surface area contributed by atoms with Gasteiger partial charge in [0.25, 0.3) is 5.91 Å². The molecule has 2 rings (SSSR count). The Morgan fingerprint density at radius 3 is 2.40 bits per heavy atom. The number of anilines is 1. The number of nitro benzene ring substituents is 1. The fourth-order valence-electron chi connectivity index (χ4n) is 1.80. The molecule has 20 heavy (non-hydrogen) atoms. The summed E-state index contributed by atoms with van der Waals surface area (Å²) in [7, 11) is 1.54. The van der Waals surface area contributed by atoms with Crippen LogP contribution in [0, 0.1) is 10.1 Å². The minimum absolute atomic E-state index is 0.106. The first kappa shape index (κ1) is 13.5. The van der Waals surface area contributed by atoms with Crippen LogP contribution in [0.1, 0.15) is 10.4 Å². The monoisotopic (exact) mass is 272 g/mol. The maximum atomic E-state index is 12.3. The van der Waals surface area contributed by atoms with Gasteiger partial charge in [0, 0.05) is 18.8 Å². The maximum absolute atomic E-state index is 12.3. The highest BCUT2D eigenvalue weighted by Crippen LogP contribution is 2.30. The second-order valence-corrected chi connectivity index (χ2v) is 4.13. The second kappa shape index (κ2) is 5.40. The predicted octanol–water partition coefficient (Wildman–Crippen LogP) is 2.58. The molecular formula is C14H12N2O4. The van der Waals surface area contributed by atoms with Crippen molar-refractivity contribution in [2.75, 3.05) is 11.9 Å². The van der Waals surface area contributed by atoms with Crippen LogP contribution >= 0.6 is 0 Å². The highest BCUT2D eigenvalue weighted by molar-refractivity contribution is 6.08. The van der Waals surface area contributed by atoms with Gasteiger partial charge in [0.15, 0.2) is 0 Å². The zero-order valence-electron chi connectivity index (χ0n) is 10.7. The van der Waals surface area contributed by atoms with Crippen LogP contribution in [0.3, 0.4) is 0 Å². The summed E-state index contributed by atoms with van der Waals surface area (Å²) in [6.45, 7) is 0. The molecule has 0 fully saturated rings. The van der Waals surface area contributed by atoms with Gasteiger partial charge in [0.1, 0.15) is 0 Å². The number of hydrogen-bond donors (Lipinski definition) is 1. The average molecular weight is 272 g/mol. The van der Waals surface area contributed by atoms with Crippen LogP contribution < -0.4 is 4.90 Å². The summed E-state index contributed by atoms with van der Waals surface area (Å²) < 4.78 is 0. The third kappa shape index (κ3) is 2.44. The summed E-state index contributed by atoms with van der Waals surface area (Å²) in [5.74, 6) is -1.14. The van der Waals surface area contributed by atoms with Gasteiger partial charge in [-0.15, -0.1) is 0 Å². The van der Waals surface area contributed by atoms with Crippen LogP contribution in [0.4, 0.5) is 11.4 Å². The van der Waals surface area contributed by atoms with Crippen molar-refractivity contribution in [2.45, 2.75) is 0 Å². The first-order valence-corrected chi connectivity index (χ1v) is 5.82. The number of rotatable bonds is 3. The summed E-state index contributed by atoms with van der Waals surface area (Å²) in [6, 6.07) is 12.7. The molecule has 0 aliphatic carbocycles. The van der Waals surface area contributed by atoms with Crippen LogP contribution in [-0.4, -0.2) is 23.0 Å². The third-order valence-corrected chi connectivity index (χ3v) is 2.89. The first-order chi connectivity index (χ1) is 9.52. The van der Waals surface area contributed by atoms with Gasteiger partial charge in [-0.3, -0.25) is 14.9 Å². The lowest BCUT2D eigenvalue weighted by Gasteiger charge is -2.17. The van der Waals surface area contributed by atoms with Crippen LogP contribution in [0.5, 0.6) is 5.75 Å². The zero-order chi connectivity index (χ0) is 14.7. The quantitative estimate of drug-likeness (QED) is 0.687. The summed E-state index contributed by atoms with van der Waals surface area (Å²) in [5.41, 5.74) is 0.0336. The molecule has 0 heterocycles. The Labute approximate surface area is 115 Å². The first-order valence-electron chi connectivity index (χ1n) is 5.82. The molecule has 2 aromatic carbocycles. The fourth-order valence-corrected chi connectivity index (χ4v) is 1.80. The van der Waals surface area contributed by atoms with Crippen molar-refractivity contribution < 1.29 is 14.8 Å². The Morgan fingerprint density at radius 2 is 1.80 bits per heavy atom. The van der Waals surface area contributed by atoms with Gasteiger partial charge in [-0.05, 0) is 18.2 Å². The molecule has 0 aromatic heterocycles. The fraction of sp³-hybridized carbons (Fsp3) is 0.0714. The molecule has 0 radical (unpaired) electrons. The van der Waals surface area contributed by atoms with Gasteiger partial charge in [-0.2, -0.15) is 0 Å². The summed E-state index contributed by atoms with van der Waals surface area (Å²) in [6.07, 6.45) is 0. The molecule has 1 amide bonds. The number of carbonyl (C=O) groups excluding carboxylic acids is 1. The molecule has 0 unspecified atom stereocenters. The van der Waals surface area contributed by atoms with Crippen molar-refractivity contribution in [1.82, 2.24) is 0 Å². The van der Waals surface area contributed by atoms with Crippen LogP contribution in [0.2, 0.25) is 0 Å². The smallest absolute Gasteiger partial charge is 0.311 e. The number of hydrogen-bond acceptors (Lipinski definition) is 4. The van der Waals surface area contributed by atoms with E-state index in [9.17, 15) is 20.0 Å². The topological polar surface area (TPSA) is 83.7 Å². The van der Waals surface area contributed by atoms with E-state index < -0.39 is 22.3 Å². The molecule has 1 N–H and O–H groups in total. The Kier molecular flexibility index (Phi) is 3.65. The van der Waals surface area contributed by atoms with Crippen molar-refractivity contribution in [3.05, 3.63) is 64.2 Å². The van der Waals surface area contributed by atoms with E-state index in [-0.39, 0.29) is 5.56 Å². The number of phenols is 1. The number of carbonyl (C=O) groups is 1. The van der Waals surface area contributed by atoms with Gasteiger partial charge in [0.2, 0.25) is 5.75 Å². The van der Waals surface area contributed by atoms with Gasteiger partial charge in [0.05, 0.1) is 10.5 Å². The number of amides is 1. The number of aromatic hydroxyl groups is 1. The number of nitro groups is 1. The number of phenolic OH excluding ortho intramolecular Hbond substituents is 1. The normalized spacial score (nSPS) is 10.1. The largest absolute Gasteiger partial charge is 0.502 e. The summed E-state index contributed by atoms with van der Waals surface area (Å²) in [4.78, 5) is 23.6. The van der Waals surface area contributed by atoms with E-state index in [0.29, 0.717) is 5.69 Å². The van der Waals surface area contributed by atoms with Gasteiger partial charge < -0.3 is 10.0 Å².